The summed E-state index contributed by atoms with van der Waals surface area (Å²) in [5, 5.41) is 0. The third-order valence-electron chi connectivity index (χ3n) is 8.28. The van der Waals surface area contributed by atoms with E-state index in [9.17, 15) is 8.78 Å². The maximum Gasteiger partial charge on any atom is 0.200 e. The predicted octanol–water partition coefficient (Wildman–Crippen LogP) is 7.42. The number of hydrogen-bond donors (Lipinski definition) is 0. The first-order valence-electron chi connectivity index (χ1n) is 12.5. The molecule has 1 heterocycles. The molecule has 0 aromatic heterocycles. The highest BCUT2D eigenvalue weighted by Crippen LogP contribution is 2.46. The Morgan fingerprint density at radius 2 is 1.55 bits per heavy atom. The van der Waals surface area contributed by atoms with Gasteiger partial charge in [-0.2, -0.15) is 4.39 Å². The van der Waals surface area contributed by atoms with Crippen LogP contribution < -0.4 is 4.74 Å². The fourth-order valence-electron chi connectivity index (χ4n) is 6.37. The smallest absolute Gasteiger partial charge is 0.200 e. The van der Waals surface area contributed by atoms with Crippen molar-refractivity contribution in [3.63, 3.8) is 0 Å². The second-order valence-corrected chi connectivity index (χ2v) is 9.95. The van der Waals surface area contributed by atoms with Crippen LogP contribution >= 0.6 is 0 Å². The first kappa shape index (κ1) is 22.8. The summed E-state index contributed by atoms with van der Waals surface area (Å²) >= 11 is 0. The minimum atomic E-state index is -0.830. The fraction of sp³-hybridized carbons (Fsp3) is 0.704. The van der Waals surface area contributed by atoms with E-state index in [1.807, 2.05) is 6.08 Å². The standard InChI is InChI=1S/C27H38F2O2/c1-3-18-5-15-24(31-17-18)22-12-8-20(9-13-22)19-6-10-21(11-7-19)23-14-16-25(30-4-2)27(29)26(23)28/h3,14,16,18-22,24H,1,4-13,15,17H2,2H3. The highest BCUT2D eigenvalue weighted by atomic mass is 19.2. The molecule has 4 heteroatoms. The van der Waals surface area contributed by atoms with Crippen molar-refractivity contribution in [1.29, 1.82) is 0 Å². The molecule has 1 aliphatic heterocycles. The van der Waals surface area contributed by atoms with Gasteiger partial charge >= 0.3 is 0 Å². The van der Waals surface area contributed by atoms with Crippen molar-refractivity contribution in [3.8, 4) is 5.75 Å². The molecule has 3 fully saturated rings. The van der Waals surface area contributed by atoms with Crippen LogP contribution in [0.4, 0.5) is 8.78 Å². The van der Waals surface area contributed by atoms with Crippen molar-refractivity contribution in [2.75, 3.05) is 13.2 Å². The Bertz CT molecular complexity index is 725. The van der Waals surface area contributed by atoms with E-state index >= 15 is 0 Å². The van der Waals surface area contributed by atoms with E-state index in [2.05, 4.69) is 6.58 Å². The molecular formula is C27H38F2O2. The number of ether oxygens (including phenoxy) is 2. The van der Waals surface area contributed by atoms with Gasteiger partial charge in [-0.3, -0.25) is 0 Å². The Morgan fingerprint density at radius 1 is 0.903 bits per heavy atom. The molecule has 0 N–H and O–H groups in total. The lowest BCUT2D eigenvalue weighted by Crippen LogP contribution is -2.35. The Hall–Kier alpha value is -1.42. The van der Waals surface area contributed by atoms with Gasteiger partial charge in [0.2, 0.25) is 5.82 Å². The normalized spacial score (nSPS) is 34.3. The lowest BCUT2D eigenvalue weighted by atomic mass is 9.67. The molecule has 0 bridgehead atoms. The molecule has 1 aromatic rings. The van der Waals surface area contributed by atoms with E-state index < -0.39 is 11.6 Å². The van der Waals surface area contributed by atoms with Crippen LogP contribution in [-0.2, 0) is 4.74 Å². The van der Waals surface area contributed by atoms with E-state index in [-0.39, 0.29) is 11.7 Å². The van der Waals surface area contributed by atoms with Gasteiger partial charge in [0.25, 0.3) is 0 Å². The summed E-state index contributed by atoms with van der Waals surface area (Å²) in [6.45, 7) is 6.87. The van der Waals surface area contributed by atoms with Crippen LogP contribution in [-0.4, -0.2) is 19.3 Å². The third kappa shape index (κ3) is 5.16. The van der Waals surface area contributed by atoms with Gasteiger partial charge in [0.05, 0.1) is 19.3 Å². The number of halogens is 2. The highest BCUT2D eigenvalue weighted by molar-refractivity contribution is 5.33. The van der Waals surface area contributed by atoms with Crippen molar-refractivity contribution in [2.45, 2.75) is 83.2 Å². The second-order valence-electron chi connectivity index (χ2n) is 9.95. The molecule has 0 radical (unpaired) electrons. The van der Waals surface area contributed by atoms with E-state index in [0.717, 1.165) is 50.0 Å². The molecule has 2 nitrogen and oxygen atoms in total. The van der Waals surface area contributed by atoms with Crippen LogP contribution in [0.3, 0.4) is 0 Å². The lowest BCUT2D eigenvalue weighted by Gasteiger charge is -2.41. The molecular weight excluding hydrogens is 394 g/mol. The molecule has 172 valence electrons. The van der Waals surface area contributed by atoms with Crippen molar-refractivity contribution in [2.24, 2.45) is 23.7 Å². The molecule has 2 aliphatic carbocycles. The van der Waals surface area contributed by atoms with E-state index in [1.165, 1.54) is 38.5 Å². The molecule has 4 rings (SSSR count). The first-order valence-corrected chi connectivity index (χ1v) is 12.5. The van der Waals surface area contributed by atoms with Crippen molar-refractivity contribution in [1.82, 2.24) is 0 Å². The maximum atomic E-state index is 14.6. The first-order chi connectivity index (χ1) is 15.1. The highest BCUT2D eigenvalue weighted by Gasteiger charge is 2.35. The van der Waals surface area contributed by atoms with Crippen LogP contribution in [0, 0.1) is 35.3 Å². The van der Waals surface area contributed by atoms with Crippen LogP contribution in [0.5, 0.6) is 5.75 Å². The summed E-state index contributed by atoms with van der Waals surface area (Å²) in [6.07, 6.45) is 14.3. The van der Waals surface area contributed by atoms with Gasteiger partial charge in [-0.1, -0.05) is 12.1 Å². The zero-order valence-corrected chi connectivity index (χ0v) is 19.0. The average molecular weight is 433 g/mol. The summed E-state index contributed by atoms with van der Waals surface area (Å²) in [7, 11) is 0. The van der Waals surface area contributed by atoms with Crippen molar-refractivity contribution >= 4 is 0 Å². The molecule has 1 aromatic carbocycles. The Balaban J connectivity index is 1.26. The summed E-state index contributed by atoms with van der Waals surface area (Å²) < 4.78 is 40.3. The molecule has 31 heavy (non-hydrogen) atoms. The Morgan fingerprint density at radius 3 is 2.13 bits per heavy atom. The SMILES string of the molecule is C=CC1CCC(C2CCC(C3CCC(c4ccc(OCC)c(F)c4F)CC3)CC2)OC1. The lowest BCUT2D eigenvalue weighted by molar-refractivity contribution is -0.0517. The zero-order valence-electron chi connectivity index (χ0n) is 19.0. The number of rotatable bonds is 6. The maximum absolute atomic E-state index is 14.6. The largest absolute Gasteiger partial charge is 0.491 e. The Kier molecular flexibility index (Phi) is 7.68. The predicted molar refractivity (Wildman–Crippen MR) is 120 cm³/mol. The van der Waals surface area contributed by atoms with Gasteiger partial charge in [-0.15, -0.1) is 6.58 Å². The quantitative estimate of drug-likeness (QED) is 0.435. The van der Waals surface area contributed by atoms with Gasteiger partial charge in [0, 0.05) is 5.92 Å². The summed E-state index contributed by atoms with van der Waals surface area (Å²) in [6, 6.07) is 3.33. The summed E-state index contributed by atoms with van der Waals surface area (Å²) in [5.41, 5.74) is 0.537. The van der Waals surface area contributed by atoms with E-state index in [1.54, 1.807) is 19.1 Å². The molecule has 0 spiro atoms. The topological polar surface area (TPSA) is 18.5 Å². The third-order valence-corrected chi connectivity index (χ3v) is 8.28. The zero-order chi connectivity index (χ0) is 21.8. The van der Waals surface area contributed by atoms with Gasteiger partial charge in [-0.25, -0.2) is 4.39 Å². The van der Waals surface area contributed by atoms with Crippen LogP contribution in [0.2, 0.25) is 0 Å². The van der Waals surface area contributed by atoms with Gasteiger partial charge in [-0.05, 0) is 106 Å². The molecule has 2 saturated carbocycles. The van der Waals surface area contributed by atoms with Crippen LogP contribution in [0.25, 0.3) is 0 Å². The Labute approximate surface area is 186 Å². The average Bonchev–Trinajstić information content (AvgIpc) is 2.83. The van der Waals surface area contributed by atoms with Gasteiger partial charge < -0.3 is 9.47 Å². The van der Waals surface area contributed by atoms with E-state index in [4.69, 9.17) is 9.47 Å². The van der Waals surface area contributed by atoms with Crippen molar-refractivity contribution < 1.29 is 18.3 Å². The number of benzene rings is 1. The number of hydrogen-bond acceptors (Lipinski definition) is 2. The molecule has 3 aliphatic rings. The van der Waals surface area contributed by atoms with Gasteiger partial charge in [0.15, 0.2) is 11.6 Å². The molecule has 0 amide bonds. The second kappa shape index (κ2) is 10.5. The van der Waals surface area contributed by atoms with E-state index in [0.29, 0.717) is 24.2 Å². The molecule has 1 saturated heterocycles. The van der Waals surface area contributed by atoms with Gasteiger partial charge in [0.1, 0.15) is 0 Å². The fourth-order valence-corrected chi connectivity index (χ4v) is 6.37. The van der Waals surface area contributed by atoms with Crippen LogP contribution in [0.1, 0.15) is 82.6 Å². The van der Waals surface area contributed by atoms with Crippen LogP contribution in [0.15, 0.2) is 24.8 Å². The minimum absolute atomic E-state index is 0.0242. The monoisotopic (exact) mass is 432 g/mol. The molecule has 2 unspecified atom stereocenters. The summed E-state index contributed by atoms with van der Waals surface area (Å²) in [5.74, 6) is 1.41. The minimum Gasteiger partial charge on any atom is -0.491 e. The van der Waals surface area contributed by atoms with Crippen molar-refractivity contribution in [3.05, 3.63) is 42.0 Å². The summed E-state index contributed by atoms with van der Waals surface area (Å²) in [4.78, 5) is 0. The molecule has 2 atom stereocenters.